The quantitative estimate of drug-likeness (QED) is 0.789. The monoisotopic (exact) mass is 298 g/mol. The molecule has 122 valence electrons. The van der Waals surface area contributed by atoms with E-state index in [1.54, 1.807) is 0 Å². The Balaban J connectivity index is 1.94. The molecule has 0 unspecified atom stereocenters. The predicted octanol–water partition coefficient (Wildman–Crippen LogP) is 1.51. The van der Waals surface area contributed by atoms with Crippen LogP contribution in [0.2, 0.25) is 0 Å². The molecule has 5 nitrogen and oxygen atoms in total. The van der Waals surface area contributed by atoms with Crippen molar-refractivity contribution in [2.75, 3.05) is 32.8 Å². The highest BCUT2D eigenvalue weighted by Gasteiger charge is 2.30. The summed E-state index contributed by atoms with van der Waals surface area (Å²) in [6.07, 6.45) is 2.32. The summed E-state index contributed by atoms with van der Waals surface area (Å²) in [5.41, 5.74) is 0. The standard InChI is InChI=1S/C16H30N2O3/c1-12(2)18(15-5-7-20-8-6-15)11-16(19)17-9-13(3)21-14(4)10-17/h12-15H,5-11H2,1-4H3/t13-,14-/m0/s1. The Hall–Kier alpha value is -0.650. The summed E-state index contributed by atoms with van der Waals surface area (Å²) in [4.78, 5) is 17.0. The number of ether oxygens (including phenoxy) is 2. The molecule has 0 aromatic rings. The van der Waals surface area contributed by atoms with Crippen molar-refractivity contribution in [2.24, 2.45) is 0 Å². The Bertz CT molecular complexity index is 332. The average molecular weight is 298 g/mol. The second kappa shape index (κ2) is 7.56. The molecule has 2 rings (SSSR count). The Morgan fingerprint density at radius 2 is 1.76 bits per heavy atom. The summed E-state index contributed by atoms with van der Waals surface area (Å²) in [6, 6.07) is 0.853. The number of hydrogen-bond donors (Lipinski definition) is 0. The number of amides is 1. The number of rotatable bonds is 4. The zero-order valence-electron chi connectivity index (χ0n) is 13.9. The lowest BCUT2D eigenvalue weighted by atomic mass is 10.1. The maximum Gasteiger partial charge on any atom is 0.236 e. The van der Waals surface area contributed by atoms with E-state index in [2.05, 4.69) is 18.7 Å². The summed E-state index contributed by atoms with van der Waals surface area (Å²) in [7, 11) is 0. The van der Waals surface area contributed by atoms with Crippen LogP contribution in [0.4, 0.5) is 0 Å². The fraction of sp³-hybridized carbons (Fsp3) is 0.938. The van der Waals surface area contributed by atoms with E-state index < -0.39 is 0 Å². The van der Waals surface area contributed by atoms with Gasteiger partial charge in [0.25, 0.3) is 0 Å². The van der Waals surface area contributed by atoms with E-state index in [9.17, 15) is 4.79 Å². The van der Waals surface area contributed by atoms with Crippen LogP contribution in [0.25, 0.3) is 0 Å². The molecule has 0 spiro atoms. The predicted molar refractivity (Wildman–Crippen MR) is 82.3 cm³/mol. The van der Waals surface area contributed by atoms with Crippen molar-refractivity contribution in [2.45, 2.75) is 64.8 Å². The van der Waals surface area contributed by atoms with E-state index in [1.807, 2.05) is 18.7 Å². The van der Waals surface area contributed by atoms with Crippen LogP contribution in [-0.2, 0) is 14.3 Å². The van der Waals surface area contributed by atoms with Crippen LogP contribution in [0, 0.1) is 0 Å². The molecule has 2 fully saturated rings. The highest BCUT2D eigenvalue weighted by atomic mass is 16.5. The Kier molecular flexibility index (Phi) is 6.02. The van der Waals surface area contributed by atoms with E-state index in [1.165, 1.54) is 0 Å². The summed E-state index contributed by atoms with van der Waals surface area (Å²) >= 11 is 0. The number of morpholine rings is 1. The van der Waals surface area contributed by atoms with Gasteiger partial charge in [-0.2, -0.15) is 0 Å². The second-order valence-electron chi connectivity index (χ2n) is 6.67. The van der Waals surface area contributed by atoms with Crippen molar-refractivity contribution in [3.8, 4) is 0 Å². The molecular formula is C16H30N2O3. The minimum Gasteiger partial charge on any atom is -0.381 e. The van der Waals surface area contributed by atoms with Crippen LogP contribution in [0.15, 0.2) is 0 Å². The summed E-state index contributed by atoms with van der Waals surface area (Å²) in [5, 5.41) is 0. The first-order valence-electron chi connectivity index (χ1n) is 8.24. The van der Waals surface area contributed by atoms with Crippen LogP contribution >= 0.6 is 0 Å². The molecule has 0 saturated carbocycles. The SMILES string of the molecule is CC(C)N(CC(=O)N1C[C@H](C)O[C@@H](C)C1)C1CCOCC1. The van der Waals surface area contributed by atoms with Gasteiger partial charge >= 0.3 is 0 Å². The van der Waals surface area contributed by atoms with Gasteiger partial charge in [-0.3, -0.25) is 9.69 Å². The van der Waals surface area contributed by atoms with Crippen molar-refractivity contribution in [1.29, 1.82) is 0 Å². The van der Waals surface area contributed by atoms with Crippen molar-refractivity contribution >= 4 is 5.91 Å². The normalized spacial score (nSPS) is 28.4. The van der Waals surface area contributed by atoms with Gasteiger partial charge in [-0.15, -0.1) is 0 Å². The molecule has 0 aliphatic carbocycles. The number of carbonyl (C=O) groups excluding carboxylic acids is 1. The Morgan fingerprint density at radius 1 is 1.19 bits per heavy atom. The largest absolute Gasteiger partial charge is 0.381 e. The molecule has 5 heteroatoms. The molecule has 21 heavy (non-hydrogen) atoms. The Morgan fingerprint density at radius 3 is 2.29 bits per heavy atom. The molecule has 2 aliphatic rings. The fourth-order valence-electron chi connectivity index (χ4n) is 3.39. The lowest BCUT2D eigenvalue weighted by molar-refractivity contribution is -0.146. The molecule has 2 aliphatic heterocycles. The first-order valence-corrected chi connectivity index (χ1v) is 8.24. The highest BCUT2D eigenvalue weighted by molar-refractivity contribution is 5.78. The molecule has 0 aromatic carbocycles. The molecule has 0 N–H and O–H groups in total. The van der Waals surface area contributed by atoms with Crippen molar-refractivity contribution in [1.82, 2.24) is 9.80 Å². The summed E-state index contributed by atoms with van der Waals surface area (Å²) in [5.74, 6) is 0.234. The molecule has 2 atom stereocenters. The molecule has 2 heterocycles. The first-order chi connectivity index (χ1) is 9.97. The van der Waals surface area contributed by atoms with Crippen LogP contribution in [0.5, 0.6) is 0 Å². The van der Waals surface area contributed by atoms with Crippen molar-refractivity contribution in [3.63, 3.8) is 0 Å². The van der Waals surface area contributed by atoms with Gasteiger partial charge in [-0.25, -0.2) is 0 Å². The van der Waals surface area contributed by atoms with Gasteiger partial charge in [-0.05, 0) is 40.5 Å². The third-order valence-corrected chi connectivity index (χ3v) is 4.41. The van der Waals surface area contributed by atoms with Gasteiger partial charge in [0.05, 0.1) is 18.8 Å². The lowest BCUT2D eigenvalue weighted by Crippen LogP contribution is -2.54. The first kappa shape index (κ1) is 16.7. The number of hydrogen-bond acceptors (Lipinski definition) is 4. The molecule has 2 saturated heterocycles. The van der Waals surface area contributed by atoms with E-state index in [0.29, 0.717) is 31.7 Å². The third-order valence-electron chi connectivity index (χ3n) is 4.41. The van der Waals surface area contributed by atoms with Gasteiger partial charge in [0, 0.05) is 38.4 Å². The average Bonchev–Trinajstić information content (AvgIpc) is 2.44. The van der Waals surface area contributed by atoms with Crippen LogP contribution in [0.1, 0.15) is 40.5 Å². The lowest BCUT2D eigenvalue weighted by Gasteiger charge is -2.40. The summed E-state index contributed by atoms with van der Waals surface area (Å²) in [6.45, 7) is 12.0. The maximum atomic E-state index is 12.6. The number of carbonyl (C=O) groups is 1. The molecule has 0 bridgehead atoms. The Labute approximate surface area is 128 Å². The second-order valence-corrected chi connectivity index (χ2v) is 6.67. The highest BCUT2D eigenvalue weighted by Crippen LogP contribution is 2.18. The molecule has 0 aromatic heterocycles. The summed E-state index contributed by atoms with van der Waals surface area (Å²) < 4.78 is 11.2. The van der Waals surface area contributed by atoms with Gasteiger partial charge in [0.1, 0.15) is 0 Å². The topological polar surface area (TPSA) is 42.0 Å². The van der Waals surface area contributed by atoms with Gasteiger partial charge in [0.15, 0.2) is 0 Å². The molecule has 1 amide bonds. The van der Waals surface area contributed by atoms with Crippen LogP contribution < -0.4 is 0 Å². The zero-order chi connectivity index (χ0) is 15.4. The minimum atomic E-state index is 0.133. The minimum absolute atomic E-state index is 0.133. The van der Waals surface area contributed by atoms with Crippen LogP contribution in [-0.4, -0.2) is 72.8 Å². The van der Waals surface area contributed by atoms with E-state index in [-0.39, 0.29) is 18.1 Å². The maximum absolute atomic E-state index is 12.6. The van der Waals surface area contributed by atoms with Crippen molar-refractivity contribution < 1.29 is 14.3 Å². The van der Waals surface area contributed by atoms with Gasteiger partial charge < -0.3 is 14.4 Å². The van der Waals surface area contributed by atoms with Gasteiger partial charge in [-0.1, -0.05) is 0 Å². The van der Waals surface area contributed by atoms with E-state index in [4.69, 9.17) is 9.47 Å². The van der Waals surface area contributed by atoms with Gasteiger partial charge in [0.2, 0.25) is 5.91 Å². The zero-order valence-corrected chi connectivity index (χ0v) is 13.9. The van der Waals surface area contributed by atoms with Crippen LogP contribution in [0.3, 0.4) is 0 Å². The number of nitrogens with zero attached hydrogens (tertiary/aromatic N) is 2. The molecule has 0 radical (unpaired) electrons. The molecular weight excluding hydrogens is 268 g/mol. The van der Waals surface area contributed by atoms with E-state index in [0.717, 1.165) is 26.1 Å². The fourth-order valence-corrected chi connectivity index (χ4v) is 3.39. The van der Waals surface area contributed by atoms with E-state index >= 15 is 0 Å². The van der Waals surface area contributed by atoms with Crippen molar-refractivity contribution in [3.05, 3.63) is 0 Å². The third kappa shape index (κ3) is 4.66. The smallest absolute Gasteiger partial charge is 0.236 e.